The number of benzene rings is 1. The lowest BCUT2D eigenvalue weighted by molar-refractivity contribution is 0.0988. The van der Waals surface area contributed by atoms with Gasteiger partial charge in [-0.05, 0) is 24.3 Å². The highest BCUT2D eigenvalue weighted by atomic mass is 16.1. The second-order valence-corrected chi connectivity index (χ2v) is 8.62. The van der Waals surface area contributed by atoms with Crippen LogP contribution in [0.25, 0.3) is 5.57 Å². The standard InChI is InChI=1S/C12H14O.2C7H14/c1-4-12(13)11-7-5-10(6-8-11)9(2)3;2*1-7-5-3-2-4-6-7/h5-8H,2,4H2,1,3H3;2*7H,2-6H2,1H3. The molecule has 2 saturated carbocycles. The van der Waals surface area contributed by atoms with Crippen LogP contribution in [0, 0.1) is 11.8 Å². The Morgan fingerprint density at radius 1 is 0.815 bits per heavy atom. The van der Waals surface area contributed by atoms with Gasteiger partial charge in [-0.15, -0.1) is 0 Å². The molecule has 0 aliphatic heterocycles. The van der Waals surface area contributed by atoms with Crippen LogP contribution < -0.4 is 0 Å². The zero-order valence-corrected chi connectivity index (χ0v) is 18.4. The molecule has 0 heterocycles. The third kappa shape index (κ3) is 10.5. The Kier molecular flexibility index (Phi) is 12.1. The topological polar surface area (TPSA) is 17.1 Å². The second-order valence-electron chi connectivity index (χ2n) is 8.62. The van der Waals surface area contributed by atoms with Crippen LogP contribution in [0.4, 0.5) is 0 Å². The number of rotatable bonds is 3. The molecule has 1 nitrogen and oxygen atoms in total. The van der Waals surface area contributed by atoms with Gasteiger partial charge in [0.25, 0.3) is 0 Å². The molecule has 1 aromatic rings. The summed E-state index contributed by atoms with van der Waals surface area (Å²) in [4.78, 5) is 11.3. The van der Waals surface area contributed by atoms with E-state index in [1.165, 1.54) is 64.2 Å². The van der Waals surface area contributed by atoms with E-state index in [9.17, 15) is 4.79 Å². The number of allylic oxidation sites excluding steroid dienone is 1. The lowest BCUT2D eigenvalue weighted by Gasteiger charge is -2.15. The van der Waals surface area contributed by atoms with Gasteiger partial charge < -0.3 is 0 Å². The largest absolute Gasteiger partial charge is 0.294 e. The first-order valence-corrected chi connectivity index (χ1v) is 11.2. The first-order chi connectivity index (χ1) is 12.9. The molecule has 0 saturated heterocycles. The van der Waals surface area contributed by atoms with Gasteiger partial charge >= 0.3 is 0 Å². The molecule has 0 radical (unpaired) electrons. The Hall–Kier alpha value is -1.37. The van der Waals surface area contributed by atoms with Gasteiger partial charge in [-0.25, -0.2) is 0 Å². The predicted molar refractivity (Wildman–Crippen MR) is 120 cm³/mol. The van der Waals surface area contributed by atoms with Crippen molar-refractivity contribution in [1.82, 2.24) is 0 Å². The maximum absolute atomic E-state index is 11.3. The highest BCUT2D eigenvalue weighted by Gasteiger charge is 2.06. The minimum atomic E-state index is 0.188. The zero-order chi connectivity index (χ0) is 20.1. The second kappa shape index (κ2) is 13.7. The lowest BCUT2D eigenvalue weighted by atomic mass is 9.91. The first-order valence-electron chi connectivity index (χ1n) is 11.2. The maximum atomic E-state index is 11.3. The molecule has 2 aliphatic carbocycles. The Morgan fingerprint density at radius 2 is 1.19 bits per heavy atom. The maximum Gasteiger partial charge on any atom is 0.162 e. The van der Waals surface area contributed by atoms with Gasteiger partial charge in [-0.2, -0.15) is 0 Å². The van der Waals surface area contributed by atoms with Crippen molar-refractivity contribution in [2.45, 2.75) is 98.3 Å². The van der Waals surface area contributed by atoms with Crippen molar-refractivity contribution in [2.24, 2.45) is 11.8 Å². The average molecular weight is 371 g/mol. The lowest BCUT2D eigenvalue weighted by Crippen LogP contribution is -1.99. The highest BCUT2D eigenvalue weighted by Crippen LogP contribution is 2.22. The number of hydrogen-bond acceptors (Lipinski definition) is 1. The van der Waals surface area contributed by atoms with E-state index < -0.39 is 0 Å². The fourth-order valence-electron chi connectivity index (χ4n) is 3.76. The minimum Gasteiger partial charge on any atom is -0.294 e. The highest BCUT2D eigenvalue weighted by molar-refractivity contribution is 5.96. The van der Waals surface area contributed by atoms with Crippen molar-refractivity contribution >= 4 is 11.4 Å². The summed E-state index contributed by atoms with van der Waals surface area (Å²) in [5.74, 6) is 2.26. The van der Waals surface area contributed by atoms with Gasteiger partial charge in [0, 0.05) is 12.0 Å². The quantitative estimate of drug-likeness (QED) is 0.487. The van der Waals surface area contributed by atoms with Crippen LogP contribution >= 0.6 is 0 Å². The number of carbonyl (C=O) groups is 1. The number of ketones is 1. The molecule has 0 bridgehead atoms. The van der Waals surface area contributed by atoms with Crippen LogP contribution in [0.2, 0.25) is 0 Å². The van der Waals surface area contributed by atoms with E-state index in [-0.39, 0.29) is 5.78 Å². The fraction of sp³-hybridized carbons (Fsp3) is 0.654. The molecule has 0 unspecified atom stereocenters. The summed E-state index contributed by atoms with van der Waals surface area (Å²) >= 11 is 0. The summed E-state index contributed by atoms with van der Waals surface area (Å²) in [5.41, 5.74) is 2.90. The zero-order valence-electron chi connectivity index (χ0n) is 18.4. The Bertz CT molecular complexity index is 512. The molecule has 27 heavy (non-hydrogen) atoms. The fourth-order valence-corrected chi connectivity index (χ4v) is 3.76. The SMILES string of the molecule is C=C(C)c1ccc(C(=O)CC)cc1.CC1CCCCC1.CC1CCCCC1. The first kappa shape index (κ1) is 23.7. The summed E-state index contributed by atoms with van der Waals surface area (Å²) in [7, 11) is 0. The summed E-state index contributed by atoms with van der Waals surface area (Å²) in [6, 6.07) is 7.59. The Balaban J connectivity index is 0.000000220. The van der Waals surface area contributed by atoms with E-state index in [4.69, 9.17) is 0 Å². The van der Waals surface area contributed by atoms with Gasteiger partial charge in [0.15, 0.2) is 5.78 Å². The molecular weight excluding hydrogens is 328 g/mol. The molecule has 2 fully saturated rings. The smallest absolute Gasteiger partial charge is 0.162 e. The van der Waals surface area contributed by atoms with Gasteiger partial charge in [-0.3, -0.25) is 4.79 Å². The van der Waals surface area contributed by atoms with Gasteiger partial charge in [0.1, 0.15) is 0 Å². The summed E-state index contributed by atoms with van der Waals surface area (Å²) in [5, 5.41) is 0. The Labute approximate surface area is 168 Å². The summed E-state index contributed by atoms with van der Waals surface area (Å²) < 4.78 is 0. The molecule has 2 aliphatic rings. The van der Waals surface area contributed by atoms with E-state index in [1.807, 2.05) is 38.1 Å². The van der Waals surface area contributed by atoms with Crippen molar-refractivity contribution in [2.75, 3.05) is 0 Å². The van der Waals surface area contributed by atoms with Gasteiger partial charge in [-0.1, -0.05) is 121 Å². The molecule has 1 aromatic carbocycles. The third-order valence-electron chi connectivity index (χ3n) is 5.81. The molecule has 3 rings (SSSR count). The van der Waals surface area contributed by atoms with E-state index in [0.717, 1.165) is 28.5 Å². The van der Waals surface area contributed by atoms with Crippen molar-refractivity contribution in [3.8, 4) is 0 Å². The number of carbonyl (C=O) groups excluding carboxylic acids is 1. The van der Waals surface area contributed by atoms with Crippen molar-refractivity contribution in [3.63, 3.8) is 0 Å². The van der Waals surface area contributed by atoms with E-state index in [1.54, 1.807) is 0 Å². The van der Waals surface area contributed by atoms with Crippen molar-refractivity contribution < 1.29 is 4.79 Å². The van der Waals surface area contributed by atoms with Crippen LogP contribution in [-0.2, 0) is 0 Å². The van der Waals surface area contributed by atoms with E-state index in [0.29, 0.717) is 6.42 Å². The van der Waals surface area contributed by atoms with Crippen molar-refractivity contribution in [3.05, 3.63) is 42.0 Å². The molecule has 0 amide bonds. The average Bonchev–Trinajstić information content (AvgIpc) is 2.69. The summed E-state index contributed by atoms with van der Waals surface area (Å²) in [6.45, 7) is 12.4. The Morgan fingerprint density at radius 3 is 1.44 bits per heavy atom. The number of hydrogen-bond donors (Lipinski definition) is 0. The summed E-state index contributed by atoms with van der Waals surface area (Å²) in [6.07, 6.45) is 15.4. The molecule has 0 N–H and O–H groups in total. The minimum absolute atomic E-state index is 0.188. The molecule has 1 heteroatoms. The van der Waals surface area contributed by atoms with Crippen LogP contribution in [0.1, 0.15) is 114 Å². The van der Waals surface area contributed by atoms with E-state index in [2.05, 4.69) is 20.4 Å². The van der Waals surface area contributed by atoms with Gasteiger partial charge in [0.05, 0.1) is 0 Å². The predicted octanol–water partition coefficient (Wildman–Crippen LogP) is 8.49. The number of Topliss-reactive ketones (excluding diaryl/α,β-unsaturated/α-hetero) is 1. The normalized spacial score (nSPS) is 17.8. The van der Waals surface area contributed by atoms with Crippen LogP contribution in [0.3, 0.4) is 0 Å². The van der Waals surface area contributed by atoms with Gasteiger partial charge in [0.2, 0.25) is 0 Å². The van der Waals surface area contributed by atoms with Crippen LogP contribution in [0.5, 0.6) is 0 Å². The molecular formula is C26H42O. The molecule has 0 spiro atoms. The van der Waals surface area contributed by atoms with Crippen molar-refractivity contribution in [1.29, 1.82) is 0 Å². The molecule has 152 valence electrons. The third-order valence-corrected chi connectivity index (χ3v) is 5.81. The monoisotopic (exact) mass is 370 g/mol. The van der Waals surface area contributed by atoms with Crippen LogP contribution in [-0.4, -0.2) is 5.78 Å². The molecule has 0 atom stereocenters. The van der Waals surface area contributed by atoms with Crippen LogP contribution in [0.15, 0.2) is 30.8 Å². The van der Waals surface area contributed by atoms with E-state index >= 15 is 0 Å². The molecule has 0 aromatic heterocycles.